The van der Waals surface area contributed by atoms with E-state index in [2.05, 4.69) is 33.1 Å². The molecule has 5 rings (SSSR count). The minimum atomic E-state index is -1.22. The Hall–Kier alpha value is -2.18. The highest BCUT2D eigenvalue weighted by Gasteiger charge is 2.42. The molecule has 4 aliphatic rings. The molecule has 1 aromatic carbocycles. The minimum absolute atomic E-state index is 0.00417. The Morgan fingerprint density at radius 1 is 0.978 bits per heavy atom. The lowest BCUT2D eigenvalue weighted by atomic mass is 9.69. The number of carbonyl (C=O) groups is 2. The van der Waals surface area contributed by atoms with Crippen molar-refractivity contribution >= 4 is 11.8 Å². The molecule has 11 heteroatoms. The van der Waals surface area contributed by atoms with Crippen LogP contribution in [0.4, 0.5) is 8.78 Å². The smallest absolute Gasteiger partial charge is 0.253 e. The first-order chi connectivity index (χ1) is 21.6. The van der Waals surface area contributed by atoms with Crippen LogP contribution in [-0.4, -0.2) is 111 Å². The van der Waals surface area contributed by atoms with E-state index in [9.17, 15) is 14.0 Å². The highest BCUT2D eigenvalue weighted by molar-refractivity contribution is 5.94. The summed E-state index contributed by atoms with van der Waals surface area (Å²) in [6, 6.07) is 6.30. The third-order valence-electron chi connectivity index (χ3n) is 11.1. The largest absolute Gasteiger partial charge is 0.351 e. The molecular weight excluding hydrogens is 576 g/mol. The van der Waals surface area contributed by atoms with Crippen molar-refractivity contribution in [3.63, 3.8) is 0 Å². The van der Waals surface area contributed by atoms with Crippen LogP contribution in [0.2, 0.25) is 0 Å². The molecular formula is C34H55F2N7O2. The molecule has 0 radical (unpaired) electrons. The molecule has 8 unspecified atom stereocenters. The molecule has 3 saturated heterocycles. The van der Waals surface area contributed by atoms with Crippen molar-refractivity contribution in [2.24, 2.45) is 17.1 Å². The molecule has 1 aromatic rings. The van der Waals surface area contributed by atoms with Crippen molar-refractivity contribution in [3.05, 3.63) is 35.4 Å². The van der Waals surface area contributed by atoms with Crippen LogP contribution in [0, 0.1) is 11.3 Å². The van der Waals surface area contributed by atoms with Gasteiger partial charge in [-0.1, -0.05) is 38.3 Å². The summed E-state index contributed by atoms with van der Waals surface area (Å²) in [5.74, 6) is -1.56. The quantitative estimate of drug-likeness (QED) is 0.340. The van der Waals surface area contributed by atoms with Gasteiger partial charge in [0, 0.05) is 69.4 Å². The number of piperazine rings is 1. The van der Waals surface area contributed by atoms with E-state index in [0.29, 0.717) is 38.0 Å². The molecule has 252 valence electrons. The van der Waals surface area contributed by atoms with Crippen molar-refractivity contribution in [2.75, 3.05) is 52.9 Å². The molecule has 9 nitrogen and oxygen atoms in total. The van der Waals surface area contributed by atoms with Crippen LogP contribution in [0.1, 0.15) is 80.6 Å². The zero-order chi connectivity index (χ0) is 32.1. The fourth-order valence-corrected chi connectivity index (χ4v) is 8.05. The average molecular weight is 632 g/mol. The molecule has 8 atom stereocenters. The van der Waals surface area contributed by atoms with Crippen molar-refractivity contribution < 1.29 is 18.4 Å². The summed E-state index contributed by atoms with van der Waals surface area (Å²) in [5, 5.41) is 13.1. The maximum absolute atomic E-state index is 15.6. The van der Waals surface area contributed by atoms with E-state index >= 15 is 4.39 Å². The van der Waals surface area contributed by atoms with Crippen molar-refractivity contribution in [3.8, 4) is 0 Å². The number of nitrogens with two attached hydrogens (primary N) is 1. The van der Waals surface area contributed by atoms with E-state index in [-0.39, 0.29) is 42.4 Å². The highest BCUT2D eigenvalue weighted by atomic mass is 19.1. The van der Waals surface area contributed by atoms with E-state index in [1.807, 2.05) is 31.0 Å². The number of piperidine rings is 1. The van der Waals surface area contributed by atoms with Gasteiger partial charge in [-0.15, -0.1) is 0 Å². The van der Waals surface area contributed by atoms with Gasteiger partial charge in [-0.25, -0.2) is 8.78 Å². The monoisotopic (exact) mass is 631 g/mol. The van der Waals surface area contributed by atoms with Gasteiger partial charge in [0.25, 0.3) is 5.91 Å². The number of rotatable bonds is 5. The van der Waals surface area contributed by atoms with Crippen LogP contribution in [0.25, 0.3) is 0 Å². The van der Waals surface area contributed by atoms with Crippen LogP contribution in [-0.2, 0) is 4.79 Å². The minimum Gasteiger partial charge on any atom is -0.351 e. The van der Waals surface area contributed by atoms with Gasteiger partial charge >= 0.3 is 0 Å². The normalized spacial score (nSPS) is 35.4. The average Bonchev–Trinajstić information content (AvgIpc) is 3.02. The number of carbonyl (C=O) groups excluding carboxylic acids is 2. The summed E-state index contributed by atoms with van der Waals surface area (Å²) in [5.41, 5.74) is 8.14. The highest BCUT2D eigenvalue weighted by Crippen LogP contribution is 2.41. The number of nitrogens with one attached hydrogen (secondary N) is 4. The van der Waals surface area contributed by atoms with E-state index in [0.717, 1.165) is 44.3 Å². The topological polar surface area (TPSA) is 115 Å². The summed E-state index contributed by atoms with van der Waals surface area (Å²) in [6.07, 6.45) is 3.87. The Bertz CT molecular complexity index is 1130. The van der Waals surface area contributed by atoms with Crippen molar-refractivity contribution in [1.82, 2.24) is 31.1 Å². The van der Waals surface area contributed by atoms with Crippen molar-refractivity contribution in [2.45, 2.75) is 101 Å². The van der Waals surface area contributed by atoms with Crippen LogP contribution in [0.5, 0.6) is 0 Å². The van der Waals surface area contributed by atoms with Gasteiger partial charge in [0.2, 0.25) is 5.91 Å². The first-order valence-corrected chi connectivity index (χ1v) is 17.2. The summed E-state index contributed by atoms with van der Waals surface area (Å²) in [7, 11) is 2.05. The first kappa shape index (κ1) is 34.2. The van der Waals surface area contributed by atoms with E-state index in [4.69, 9.17) is 5.73 Å². The Morgan fingerprint density at radius 2 is 1.67 bits per heavy atom. The Kier molecular flexibility index (Phi) is 11.5. The maximum Gasteiger partial charge on any atom is 0.253 e. The zero-order valence-corrected chi connectivity index (χ0v) is 27.4. The second-order valence-corrected chi connectivity index (χ2v) is 14.4. The molecule has 45 heavy (non-hydrogen) atoms. The van der Waals surface area contributed by atoms with Crippen molar-refractivity contribution in [1.29, 1.82) is 0 Å². The number of alkyl halides is 2. The second-order valence-electron chi connectivity index (χ2n) is 14.4. The number of hydrogen-bond acceptors (Lipinski definition) is 7. The number of nitrogens with zero attached hydrogens (tertiary/aromatic N) is 2. The van der Waals surface area contributed by atoms with Gasteiger partial charge in [0.1, 0.15) is 12.3 Å². The lowest BCUT2D eigenvalue weighted by Crippen LogP contribution is -2.64. The molecule has 3 aliphatic heterocycles. The molecule has 6 N–H and O–H groups in total. The molecule has 3 heterocycles. The summed E-state index contributed by atoms with van der Waals surface area (Å²) in [4.78, 5) is 31.2. The number of hydrogen-bond donors (Lipinski definition) is 5. The molecule has 2 amide bonds. The summed E-state index contributed by atoms with van der Waals surface area (Å²) in [6.45, 7) is 7.95. The number of halogens is 2. The molecule has 1 saturated carbocycles. The molecule has 4 fully saturated rings. The van der Waals surface area contributed by atoms with E-state index < -0.39 is 36.4 Å². The third-order valence-corrected chi connectivity index (χ3v) is 11.1. The third kappa shape index (κ3) is 8.22. The Balaban J connectivity index is 1.31. The van der Waals surface area contributed by atoms with E-state index in [1.54, 1.807) is 12.1 Å². The van der Waals surface area contributed by atoms with Crippen LogP contribution in [0.3, 0.4) is 0 Å². The van der Waals surface area contributed by atoms with Crippen LogP contribution < -0.4 is 27.0 Å². The van der Waals surface area contributed by atoms with Gasteiger partial charge < -0.3 is 31.5 Å². The van der Waals surface area contributed by atoms with Gasteiger partial charge in [0.15, 0.2) is 0 Å². The first-order valence-electron chi connectivity index (χ1n) is 17.2. The molecule has 0 spiro atoms. The standard InChI is InChI=1S/C34H55F2N7O2/c1-22-29(31(37)41-28(12-11-25(35)19-39-22)34(2)13-5-4-6-14-34)32(44)40-27-21-38-20-26(36)30(27)23-7-9-24(10-8-23)33(45)43-17-15-42(3)16-18-43/h7-10,22,25-31,38-39,41H,4-6,11-21,37H2,1-3H3,(H,40,44). The summed E-state index contributed by atoms with van der Waals surface area (Å²) < 4.78 is 30.5. The van der Waals surface area contributed by atoms with Gasteiger partial charge in [-0.3, -0.25) is 14.9 Å². The lowest BCUT2D eigenvalue weighted by Gasteiger charge is -2.45. The van der Waals surface area contributed by atoms with Gasteiger partial charge in [-0.2, -0.15) is 0 Å². The summed E-state index contributed by atoms with van der Waals surface area (Å²) >= 11 is 0. The van der Waals surface area contributed by atoms with Gasteiger partial charge in [0.05, 0.1) is 18.1 Å². The van der Waals surface area contributed by atoms with Gasteiger partial charge in [-0.05, 0) is 62.8 Å². The number of benzene rings is 1. The molecule has 1 aliphatic carbocycles. The fourth-order valence-electron chi connectivity index (χ4n) is 8.05. The predicted octanol–water partition coefficient (Wildman–Crippen LogP) is 2.52. The van der Waals surface area contributed by atoms with E-state index in [1.165, 1.54) is 6.42 Å². The lowest BCUT2D eigenvalue weighted by molar-refractivity contribution is -0.128. The fraction of sp³-hybridized carbons (Fsp3) is 0.765. The van der Waals surface area contributed by atoms with Crippen LogP contribution in [0.15, 0.2) is 24.3 Å². The second kappa shape index (κ2) is 15.2. The number of likely N-dealkylation sites (N-methyl/N-ethyl adjacent to an activating group) is 1. The number of amides is 2. The Morgan fingerprint density at radius 3 is 2.36 bits per heavy atom. The SMILES string of the molecule is CC1NCC(F)CCC(C2(C)CCCCC2)NC(N)C1C(=O)NC1CNCC(F)C1c1ccc(C(=O)N2CCN(C)CC2)cc1. The Labute approximate surface area is 267 Å². The zero-order valence-electron chi connectivity index (χ0n) is 27.4. The maximum atomic E-state index is 15.6. The van der Waals surface area contributed by atoms with Crippen LogP contribution >= 0.6 is 0 Å². The molecule has 0 aromatic heterocycles. The molecule has 0 bridgehead atoms. The predicted molar refractivity (Wildman–Crippen MR) is 173 cm³/mol.